The normalized spacial score (nSPS) is 10.9. The summed E-state index contributed by atoms with van der Waals surface area (Å²) in [6.45, 7) is 2.44. The fourth-order valence-corrected chi connectivity index (χ4v) is 3.31. The van der Waals surface area contributed by atoms with Crippen molar-refractivity contribution in [3.05, 3.63) is 107 Å². The van der Waals surface area contributed by atoms with E-state index in [-0.39, 0.29) is 29.9 Å². The third kappa shape index (κ3) is 8.79. The second-order valence-corrected chi connectivity index (χ2v) is 7.97. The van der Waals surface area contributed by atoms with E-state index in [1.54, 1.807) is 26.0 Å². The first-order valence-electron chi connectivity index (χ1n) is 11.0. The summed E-state index contributed by atoms with van der Waals surface area (Å²) in [6, 6.07) is 26.1. The molecule has 0 fully saturated rings. The van der Waals surface area contributed by atoms with Crippen LogP contribution in [0.4, 0.5) is 0 Å². The number of guanidine groups is 1. The molecule has 180 valence electrons. The molecule has 0 aliphatic carbocycles. The first-order chi connectivity index (χ1) is 16.0. The molecular weight excluding hydrogens is 539 g/mol. The highest BCUT2D eigenvalue weighted by Gasteiger charge is 2.07. The topological polar surface area (TPSA) is 66.0 Å². The van der Waals surface area contributed by atoms with E-state index in [1.165, 1.54) is 5.56 Å². The van der Waals surface area contributed by atoms with Gasteiger partial charge in [0, 0.05) is 39.8 Å². The van der Waals surface area contributed by atoms with E-state index in [0.29, 0.717) is 37.8 Å². The van der Waals surface area contributed by atoms with E-state index < -0.39 is 0 Å². The highest BCUT2D eigenvalue weighted by atomic mass is 127. The number of amides is 1. The minimum absolute atomic E-state index is 0. The summed E-state index contributed by atoms with van der Waals surface area (Å²) in [7, 11) is 5.25. The zero-order chi connectivity index (χ0) is 23.5. The molecule has 0 bridgehead atoms. The summed E-state index contributed by atoms with van der Waals surface area (Å²) in [4.78, 5) is 17.9. The van der Waals surface area contributed by atoms with Crippen LogP contribution in [0, 0.1) is 0 Å². The van der Waals surface area contributed by atoms with Crippen molar-refractivity contribution in [3.8, 4) is 0 Å². The molecule has 3 aromatic rings. The van der Waals surface area contributed by atoms with Crippen LogP contribution in [-0.4, -0.2) is 37.9 Å². The molecule has 0 heterocycles. The Morgan fingerprint density at radius 2 is 1.38 bits per heavy atom. The van der Waals surface area contributed by atoms with Gasteiger partial charge >= 0.3 is 0 Å². The van der Waals surface area contributed by atoms with Crippen LogP contribution in [0.5, 0.6) is 0 Å². The van der Waals surface area contributed by atoms with Crippen LogP contribution in [0.25, 0.3) is 0 Å². The van der Waals surface area contributed by atoms with Gasteiger partial charge in [-0.05, 0) is 34.4 Å². The number of aliphatic imine (C=N–C) groups is 1. The number of hydrogen-bond acceptors (Lipinski definition) is 3. The zero-order valence-corrected chi connectivity index (χ0v) is 22.3. The van der Waals surface area contributed by atoms with Gasteiger partial charge in [-0.25, -0.2) is 0 Å². The molecule has 1 amide bonds. The standard InChI is InChI=1S/C27H32N4O2.HI/c1-28-27(29-17-21-12-14-25(15-13-21)26(32)31(2)3)30-18-23-10-7-11-24(16-23)20-33-19-22-8-5-4-6-9-22;/h4-16H,17-20H2,1-3H3,(H2,28,29,30);1H. The molecule has 0 atom stereocenters. The van der Waals surface area contributed by atoms with E-state index in [2.05, 4.69) is 46.0 Å². The van der Waals surface area contributed by atoms with Crippen LogP contribution in [0.2, 0.25) is 0 Å². The van der Waals surface area contributed by atoms with Crippen LogP contribution < -0.4 is 10.6 Å². The predicted octanol–water partition coefficient (Wildman–Crippen LogP) is 4.59. The predicted molar refractivity (Wildman–Crippen MR) is 148 cm³/mol. The van der Waals surface area contributed by atoms with Gasteiger partial charge in [0.25, 0.3) is 5.91 Å². The molecule has 3 aromatic carbocycles. The van der Waals surface area contributed by atoms with E-state index in [1.807, 2.05) is 48.5 Å². The maximum absolute atomic E-state index is 12.0. The maximum Gasteiger partial charge on any atom is 0.253 e. The number of halogens is 1. The van der Waals surface area contributed by atoms with E-state index >= 15 is 0 Å². The molecule has 0 spiro atoms. The van der Waals surface area contributed by atoms with Crippen LogP contribution >= 0.6 is 24.0 Å². The molecule has 0 aliphatic heterocycles. The first-order valence-corrected chi connectivity index (χ1v) is 11.0. The zero-order valence-electron chi connectivity index (χ0n) is 20.0. The molecule has 0 radical (unpaired) electrons. The van der Waals surface area contributed by atoms with Gasteiger partial charge in [0.05, 0.1) is 13.2 Å². The van der Waals surface area contributed by atoms with Crippen molar-refractivity contribution >= 4 is 35.8 Å². The van der Waals surface area contributed by atoms with Crippen molar-refractivity contribution in [2.24, 2.45) is 4.99 Å². The Morgan fingerprint density at radius 1 is 0.794 bits per heavy atom. The minimum Gasteiger partial charge on any atom is -0.372 e. The largest absolute Gasteiger partial charge is 0.372 e. The molecule has 0 saturated heterocycles. The molecule has 0 aromatic heterocycles. The van der Waals surface area contributed by atoms with Crippen molar-refractivity contribution in [1.29, 1.82) is 0 Å². The lowest BCUT2D eigenvalue weighted by atomic mass is 10.1. The molecule has 34 heavy (non-hydrogen) atoms. The lowest BCUT2D eigenvalue weighted by molar-refractivity contribution is 0.0827. The average Bonchev–Trinajstić information content (AvgIpc) is 2.85. The van der Waals surface area contributed by atoms with Crippen LogP contribution in [0.3, 0.4) is 0 Å². The molecule has 0 saturated carbocycles. The van der Waals surface area contributed by atoms with E-state index in [0.717, 1.165) is 16.7 Å². The second-order valence-electron chi connectivity index (χ2n) is 7.97. The summed E-state index contributed by atoms with van der Waals surface area (Å²) >= 11 is 0. The number of carbonyl (C=O) groups is 1. The Bertz CT molecular complexity index is 1050. The molecule has 6 nitrogen and oxygen atoms in total. The minimum atomic E-state index is -0.000295. The quantitative estimate of drug-likeness (QED) is 0.224. The Balaban J connectivity index is 0.00000408. The van der Waals surface area contributed by atoms with Gasteiger partial charge in [-0.3, -0.25) is 9.79 Å². The molecule has 0 aliphatic rings. The number of benzene rings is 3. The van der Waals surface area contributed by atoms with Gasteiger partial charge < -0.3 is 20.3 Å². The van der Waals surface area contributed by atoms with E-state index in [9.17, 15) is 4.79 Å². The highest BCUT2D eigenvalue weighted by molar-refractivity contribution is 14.0. The highest BCUT2D eigenvalue weighted by Crippen LogP contribution is 2.09. The number of nitrogens with zero attached hydrogens (tertiary/aromatic N) is 2. The van der Waals surface area contributed by atoms with E-state index in [4.69, 9.17) is 4.74 Å². The Labute approximate surface area is 219 Å². The third-order valence-corrected chi connectivity index (χ3v) is 5.12. The molecular formula is C27H33IN4O2. The number of ether oxygens (including phenoxy) is 1. The number of rotatable bonds is 9. The number of carbonyl (C=O) groups excluding carboxylic acids is 1. The van der Waals surface area contributed by atoms with Crippen molar-refractivity contribution in [2.75, 3.05) is 21.1 Å². The SMILES string of the molecule is CN=C(NCc1ccc(C(=O)N(C)C)cc1)NCc1cccc(COCc2ccccc2)c1.I. The Morgan fingerprint density at radius 3 is 2.03 bits per heavy atom. The summed E-state index contributed by atoms with van der Waals surface area (Å²) in [5.74, 6) is 0.717. The Hall–Kier alpha value is -2.91. The molecule has 0 unspecified atom stereocenters. The molecule has 3 rings (SSSR count). The van der Waals surface area contributed by atoms with Crippen LogP contribution in [-0.2, 0) is 31.0 Å². The fraction of sp³-hybridized carbons (Fsp3) is 0.259. The second kappa shape index (κ2) is 14.4. The summed E-state index contributed by atoms with van der Waals surface area (Å²) in [5.41, 5.74) is 5.22. The summed E-state index contributed by atoms with van der Waals surface area (Å²) in [5, 5.41) is 6.66. The van der Waals surface area contributed by atoms with Gasteiger partial charge in [0.1, 0.15) is 0 Å². The fourth-order valence-electron chi connectivity index (χ4n) is 3.31. The lowest BCUT2D eigenvalue weighted by Gasteiger charge is -2.14. The Kier molecular flexibility index (Phi) is 11.6. The summed E-state index contributed by atoms with van der Waals surface area (Å²) in [6.07, 6.45) is 0. The summed E-state index contributed by atoms with van der Waals surface area (Å²) < 4.78 is 5.85. The van der Waals surface area contributed by atoms with Crippen molar-refractivity contribution in [1.82, 2.24) is 15.5 Å². The van der Waals surface area contributed by atoms with Crippen molar-refractivity contribution in [2.45, 2.75) is 26.3 Å². The van der Waals surface area contributed by atoms with Crippen molar-refractivity contribution < 1.29 is 9.53 Å². The number of hydrogen-bond donors (Lipinski definition) is 2. The average molecular weight is 572 g/mol. The van der Waals surface area contributed by atoms with Gasteiger partial charge in [-0.15, -0.1) is 24.0 Å². The maximum atomic E-state index is 12.0. The smallest absolute Gasteiger partial charge is 0.253 e. The van der Waals surface area contributed by atoms with Gasteiger partial charge in [0.2, 0.25) is 0 Å². The monoisotopic (exact) mass is 572 g/mol. The van der Waals surface area contributed by atoms with Crippen LogP contribution in [0.1, 0.15) is 32.6 Å². The van der Waals surface area contributed by atoms with Gasteiger partial charge in [-0.2, -0.15) is 0 Å². The lowest BCUT2D eigenvalue weighted by Crippen LogP contribution is -2.36. The van der Waals surface area contributed by atoms with Crippen LogP contribution in [0.15, 0.2) is 83.9 Å². The van der Waals surface area contributed by atoms with Gasteiger partial charge in [-0.1, -0.05) is 66.7 Å². The van der Waals surface area contributed by atoms with Crippen molar-refractivity contribution in [3.63, 3.8) is 0 Å². The molecule has 2 N–H and O–H groups in total. The first kappa shape index (κ1) is 27.3. The third-order valence-electron chi connectivity index (χ3n) is 5.12. The number of nitrogens with one attached hydrogen (secondary N) is 2. The molecule has 7 heteroatoms. The van der Waals surface area contributed by atoms with Gasteiger partial charge in [0.15, 0.2) is 5.96 Å².